The van der Waals surface area contributed by atoms with Gasteiger partial charge in [-0.2, -0.15) is 0 Å². The molecule has 4 aliphatic rings. The lowest BCUT2D eigenvalue weighted by Gasteiger charge is -2.56. The Morgan fingerprint density at radius 2 is 1.34 bits per heavy atom. The van der Waals surface area contributed by atoms with E-state index in [1.165, 1.54) is 6.07 Å². The molecule has 0 saturated carbocycles. The van der Waals surface area contributed by atoms with E-state index in [1.807, 2.05) is 55.5 Å². The summed E-state index contributed by atoms with van der Waals surface area (Å²) >= 11 is 12.5. The Morgan fingerprint density at radius 3 is 1.88 bits per heavy atom. The average molecular weight is 462 g/mol. The second-order valence-electron chi connectivity index (χ2n) is 8.84. The van der Waals surface area contributed by atoms with Gasteiger partial charge in [0.15, 0.2) is 0 Å². The van der Waals surface area contributed by atoms with Gasteiger partial charge in [0.1, 0.15) is 6.29 Å². The molecule has 32 heavy (non-hydrogen) atoms. The fourth-order valence-corrected chi connectivity index (χ4v) is 6.86. The molecular formula is C26H17Cl2NO3. The van der Waals surface area contributed by atoms with Crippen LogP contribution in [0.2, 0.25) is 10.0 Å². The molecule has 0 aromatic heterocycles. The Balaban J connectivity index is 1.69. The van der Waals surface area contributed by atoms with Crippen molar-refractivity contribution in [2.45, 2.75) is 17.8 Å². The third-order valence-electron chi connectivity index (χ3n) is 7.62. The van der Waals surface area contributed by atoms with Crippen molar-refractivity contribution in [1.29, 1.82) is 0 Å². The lowest BCUT2D eigenvalue weighted by molar-refractivity contribution is -0.129. The number of nitrogens with zero attached hydrogens (tertiary/aromatic N) is 1. The van der Waals surface area contributed by atoms with Crippen LogP contribution in [0.1, 0.15) is 29.2 Å². The minimum atomic E-state index is -1.24. The van der Waals surface area contributed by atoms with Crippen LogP contribution in [-0.2, 0) is 25.2 Å². The first kappa shape index (κ1) is 19.7. The van der Waals surface area contributed by atoms with E-state index >= 15 is 0 Å². The molecule has 1 fully saturated rings. The number of carbonyl (C=O) groups is 3. The van der Waals surface area contributed by atoms with E-state index in [2.05, 4.69) is 0 Å². The molecule has 0 spiro atoms. The molecular weight excluding hydrogens is 445 g/mol. The van der Waals surface area contributed by atoms with Crippen LogP contribution in [0.4, 0.5) is 5.69 Å². The number of anilines is 1. The largest absolute Gasteiger partial charge is 0.302 e. The summed E-state index contributed by atoms with van der Waals surface area (Å²) < 4.78 is 0. The van der Waals surface area contributed by atoms with Gasteiger partial charge < -0.3 is 4.79 Å². The molecule has 1 saturated heterocycles. The van der Waals surface area contributed by atoms with Gasteiger partial charge in [-0.25, -0.2) is 4.90 Å². The second-order valence-corrected chi connectivity index (χ2v) is 9.69. The van der Waals surface area contributed by atoms with Gasteiger partial charge in [0, 0.05) is 10.4 Å². The Kier molecular flexibility index (Phi) is 3.88. The fraction of sp³-hybridized carbons (Fsp3) is 0.192. The maximum atomic E-state index is 14.0. The fourth-order valence-electron chi connectivity index (χ4n) is 6.36. The molecule has 0 N–H and O–H groups in total. The molecule has 1 heterocycles. The molecule has 0 unspecified atom stereocenters. The summed E-state index contributed by atoms with van der Waals surface area (Å²) in [7, 11) is 0. The third-order valence-corrected chi connectivity index (χ3v) is 8.16. The van der Waals surface area contributed by atoms with Gasteiger partial charge in [0.25, 0.3) is 0 Å². The number of benzene rings is 3. The monoisotopic (exact) mass is 461 g/mol. The van der Waals surface area contributed by atoms with Crippen molar-refractivity contribution < 1.29 is 14.4 Å². The van der Waals surface area contributed by atoms with Gasteiger partial charge in [0.2, 0.25) is 11.8 Å². The number of halogens is 2. The van der Waals surface area contributed by atoms with Gasteiger partial charge in [0.05, 0.1) is 28.0 Å². The molecule has 2 atom stereocenters. The van der Waals surface area contributed by atoms with Crippen molar-refractivity contribution in [3.05, 3.63) is 99.0 Å². The van der Waals surface area contributed by atoms with Crippen molar-refractivity contribution in [2.75, 3.05) is 4.90 Å². The molecule has 3 aromatic carbocycles. The molecule has 7 rings (SSSR count). The van der Waals surface area contributed by atoms with Crippen molar-refractivity contribution in [3.63, 3.8) is 0 Å². The Morgan fingerprint density at radius 1 is 0.812 bits per heavy atom. The maximum Gasteiger partial charge on any atom is 0.239 e. The molecule has 6 heteroatoms. The highest BCUT2D eigenvalue weighted by atomic mass is 35.5. The second kappa shape index (κ2) is 6.31. The summed E-state index contributed by atoms with van der Waals surface area (Å²) in [5, 5.41) is 0.622. The first-order chi connectivity index (χ1) is 15.4. The van der Waals surface area contributed by atoms with Crippen LogP contribution in [0, 0.1) is 11.8 Å². The van der Waals surface area contributed by atoms with Crippen molar-refractivity contribution in [2.24, 2.45) is 11.8 Å². The van der Waals surface area contributed by atoms with Gasteiger partial charge in [-0.3, -0.25) is 9.59 Å². The first-order valence-corrected chi connectivity index (χ1v) is 11.1. The summed E-state index contributed by atoms with van der Waals surface area (Å²) in [4.78, 5) is 42.1. The van der Waals surface area contributed by atoms with E-state index in [4.69, 9.17) is 23.2 Å². The van der Waals surface area contributed by atoms with Crippen LogP contribution in [0.15, 0.2) is 66.7 Å². The van der Waals surface area contributed by atoms with E-state index in [1.54, 1.807) is 12.1 Å². The van der Waals surface area contributed by atoms with Crippen LogP contribution in [-0.4, -0.2) is 18.1 Å². The van der Waals surface area contributed by atoms with E-state index in [9.17, 15) is 14.4 Å². The zero-order valence-electron chi connectivity index (χ0n) is 17.0. The number of rotatable bonds is 2. The molecule has 0 radical (unpaired) electrons. The van der Waals surface area contributed by atoms with E-state index in [0.29, 0.717) is 5.02 Å². The van der Waals surface area contributed by atoms with Crippen molar-refractivity contribution in [1.82, 2.24) is 0 Å². The highest BCUT2D eigenvalue weighted by Gasteiger charge is 2.72. The van der Waals surface area contributed by atoms with Crippen molar-refractivity contribution >= 4 is 47.0 Å². The van der Waals surface area contributed by atoms with Crippen molar-refractivity contribution in [3.8, 4) is 0 Å². The normalized spacial score (nSPS) is 29.5. The summed E-state index contributed by atoms with van der Waals surface area (Å²) in [6.45, 7) is 2.01. The van der Waals surface area contributed by atoms with Gasteiger partial charge in [-0.1, -0.05) is 78.7 Å². The molecule has 2 bridgehead atoms. The molecule has 3 aromatic rings. The quantitative estimate of drug-likeness (QED) is 0.402. The van der Waals surface area contributed by atoms with Gasteiger partial charge >= 0.3 is 0 Å². The predicted molar refractivity (Wildman–Crippen MR) is 122 cm³/mol. The molecule has 2 amide bonds. The molecule has 158 valence electrons. The molecule has 1 aliphatic heterocycles. The SMILES string of the molecule is CC12c3ccccc3C(C=O)(c3ccccc31)[C@@H]1C(=O)N(c3ccc(Cl)cc3Cl)C(=O)[C@H]12. The van der Waals surface area contributed by atoms with E-state index in [0.717, 1.165) is 33.4 Å². The number of aldehydes is 1. The number of hydrogen-bond donors (Lipinski definition) is 0. The minimum Gasteiger partial charge on any atom is -0.302 e. The Bertz CT molecular complexity index is 1320. The predicted octanol–water partition coefficient (Wildman–Crippen LogP) is 4.92. The maximum absolute atomic E-state index is 14.0. The summed E-state index contributed by atoms with van der Waals surface area (Å²) in [6.07, 6.45) is 0.860. The summed E-state index contributed by atoms with van der Waals surface area (Å²) in [5.74, 6) is -2.33. The van der Waals surface area contributed by atoms with E-state index < -0.39 is 28.6 Å². The number of carbonyl (C=O) groups excluding carboxylic acids is 3. The standard InChI is InChI=1S/C26H17Cl2NO3/c1-25-15-6-2-4-8-17(15)26(13-30,18-9-5-3-7-16(18)25)22-21(25)23(31)29(24(22)32)20-11-10-14(27)12-19(20)28/h2-13,21-22H,1H3/t21-,22-,25?,26?/m0/s1. The smallest absolute Gasteiger partial charge is 0.239 e. The lowest BCUT2D eigenvalue weighted by atomic mass is 9.42. The van der Waals surface area contributed by atoms with Crippen LogP contribution in [0.25, 0.3) is 0 Å². The topological polar surface area (TPSA) is 54.5 Å². The molecule has 4 nitrogen and oxygen atoms in total. The Hall–Kier alpha value is -2.95. The highest BCUT2D eigenvalue weighted by Crippen LogP contribution is 2.66. The zero-order chi connectivity index (χ0) is 22.4. The summed E-state index contributed by atoms with van der Waals surface area (Å²) in [5.41, 5.74) is 1.70. The zero-order valence-corrected chi connectivity index (χ0v) is 18.5. The number of amides is 2. The van der Waals surface area contributed by atoms with Crippen LogP contribution >= 0.6 is 23.2 Å². The van der Waals surface area contributed by atoms with Crippen LogP contribution < -0.4 is 4.90 Å². The number of hydrogen-bond acceptors (Lipinski definition) is 3. The highest BCUT2D eigenvalue weighted by molar-refractivity contribution is 6.38. The van der Waals surface area contributed by atoms with E-state index in [-0.39, 0.29) is 16.6 Å². The minimum absolute atomic E-state index is 0.213. The Labute approximate surface area is 194 Å². The average Bonchev–Trinajstić information content (AvgIpc) is 3.07. The first-order valence-electron chi connectivity index (χ1n) is 10.4. The van der Waals surface area contributed by atoms with Crippen LogP contribution in [0.3, 0.4) is 0 Å². The van der Waals surface area contributed by atoms with Gasteiger partial charge in [-0.05, 0) is 40.5 Å². The molecule has 3 aliphatic carbocycles. The van der Waals surface area contributed by atoms with Gasteiger partial charge in [-0.15, -0.1) is 0 Å². The summed E-state index contributed by atoms with van der Waals surface area (Å²) in [6, 6.07) is 20.0. The van der Waals surface area contributed by atoms with Crippen LogP contribution in [0.5, 0.6) is 0 Å². The third kappa shape index (κ3) is 2.03. The lowest BCUT2D eigenvalue weighted by Crippen LogP contribution is -2.61. The number of imide groups is 1.